The lowest BCUT2D eigenvalue weighted by Crippen LogP contribution is -2.53. The van der Waals surface area contributed by atoms with E-state index in [9.17, 15) is 4.79 Å². The van der Waals surface area contributed by atoms with Crippen LogP contribution in [0.1, 0.15) is 13.3 Å². The van der Waals surface area contributed by atoms with E-state index in [2.05, 4.69) is 0 Å². The maximum absolute atomic E-state index is 11.4. The van der Waals surface area contributed by atoms with Crippen LogP contribution >= 0.6 is 0 Å². The Morgan fingerprint density at radius 2 is 2.31 bits per heavy atom. The standard InChI is InChI=1S/C9H17NO3/c1-3-9(5-13-6-9)7(4-10)8(11)12-2/h7H,3-6,10H2,1-2H3. The van der Waals surface area contributed by atoms with Gasteiger partial charge in [0.05, 0.1) is 26.2 Å². The highest BCUT2D eigenvalue weighted by atomic mass is 16.5. The molecule has 1 aliphatic heterocycles. The first-order valence-electron chi connectivity index (χ1n) is 4.56. The summed E-state index contributed by atoms with van der Waals surface area (Å²) in [5.74, 6) is -0.427. The lowest BCUT2D eigenvalue weighted by atomic mass is 9.71. The van der Waals surface area contributed by atoms with Gasteiger partial charge >= 0.3 is 5.97 Å². The number of esters is 1. The molecule has 1 unspecified atom stereocenters. The second kappa shape index (κ2) is 4.07. The quantitative estimate of drug-likeness (QED) is 0.637. The summed E-state index contributed by atoms with van der Waals surface area (Å²) in [6.45, 7) is 3.64. The summed E-state index contributed by atoms with van der Waals surface area (Å²) in [5.41, 5.74) is 5.50. The molecule has 4 nitrogen and oxygen atoms in total. The number of methoxy groups -OCH3 is 1. The first-order valence-corrected chi connectivity index (χ1v) is 4.56. The summed E-state index contributed by atoms with van der Waals surface area (Å²) in [4.78, 5) is 11.4. The van der Waals surface area contributed by atoms with Gasteiger partial charge in [-0.25, -0.2) is 0 Å². The lowest BCUT2D eigenvalue weighted by Gasteiger charge is -2.45. The third kappa shape index (κ3) is 1.69. The predicted octanol–water partition coefficient (Wildman–Crippen LogP) is 0.161. The third-order valence-electron chi connectivity index (χ3n) is 2.94. The van der Waals surface area contributed by atoms with Crippen LogP contribution in [0.3, 0.4) is 0 Å². The van der Waals surface area contributed by atoms with Crippen molar-refractivity contribution in [2.24, 2.45) is 17.1 Å². The van der Waals surface area contributed by atoms with Gasteiger partial charge in [0.2, 0.25) is 0 Å². The summed E-state index contributed by atoms with van der Waals surface area (Å²) in [5, 5.41) is 0. The zero-order chi connectivity index (χ0) is 9.90. The minimum absolute atomic E-state index is 0.0676. The average molecular weight is 187 g/mol. The van der Waals surface area contributed by atoms with Crippen molar-refractivity contribution in [1.29, 1.82) is 0 Å². The van der Waals surface area contributed by atoms with Gasteiger partial charge < -0.3 is 15.2 Å². The molecule has 76 valence electrons. The number of nitrogens with two attached hydrogens (primary N) is 1. The van der Waals surface area contributed by atoms with Crippen molar-refractivity contribution >= 4 is 5.97 Å². The van der Waals surface area contributed by atoms with Gasteiger partial charge in [0.25, 0.3) is 0 Å². The molecule has 2 N–H and O–H groups in total. The largest absolute Gasteiger partial charge is 0.469 e. The zero-order valence-electron chi connectivity index (χ0n) is 8.21. The van der Waals surface area contributed by atoms with E-state index in [1.54, 1.807) is 0 Å². The Labute approximate surface area is 78.4 Å². The molecule has 0 aromatic carbocycles. The summed E-state index contributed by atoms with van der Waals surface area (Å²) < 4.78 is 9.86. The number of carbonyl (C=O) groups excluding carboxylic acids is 1. The Morgan fingerprint density at radius 3 is 2.54 bits per heavy atom. The topological polar surface area (TPSA) is 61.6 Å². The Bertz CT molecular complexity index is 184. The van der Waals surface area contributed by atoms with Gasteiger partial charge in [-0.15, -0.1) is 0 Å². The molecule has 13 heavy (non-hydrogen) atoms. The van der Waals surface area contributed by atoms with E-state index in [0.29, 0.717) is 19.8 Å². The van der Waals surface area contributed by atoms with E-state index in [4.69, 9.17) is 15.2 Å². The van der Waals surface area contributed by atoms with E-state index in [0.717, 1.165) is 6.42 Å². The van der Waals surface area contributed by atoms with E-state index in [-0.39, 0.29) is 17.3 Å². The van der Waals surface area contributed by atoms with E-state index in [1.165, 1.54) is 7.11 Å². The maximum atomic E-state index is 11.4. The van der Waals surface area contributed by atoms with Crippen LogP contribution in [0.5, 0.6) is 0 Å². The Hall–Kier alpha value is -0.610. The summed E-state index contributed by atoms with van der Waals surface area (Å²) in [6, 6.07) is 0. The number of rotatable bonds is 4. The smallest absolute Gasteiger partial charge is 0.310 e. The summed E-state index contributed by atoms with van der Waals surface area (Å²) >= 11 is 0. The minimum atomic E-state index is -0.215. The molecule has 1 fully saturated rings. The Balaban J connectivity index is 2.68. The van der Waals surface area contributed by atoms with Crippen molar-refractivity contribution in [3.63, 3.8) is 0 Å². The monoisotopic (exact) mass is 187 g/mol. The van der Waals surface area contributed by atoms with Crippen LogP contribution in [-0.4, -0.2) is 32.8 Å². The second-order valence-electron chi connectivity index (χ2n) is 3.52. The highest BCUT2D eigenvalue weighted by Gasteiger charge is 2.47. The molecule has 4 heteroatoms. The molecule has 0 spiro atoms. The van der Waals surface area contributed by atoms with Gasteiger partial charge in [0, 0.05) is 12.0 Å². The van der Waals surface area contributed by atoms with Crippen LogP contribution < -0.4 is 5.73 Å². The molecule has 0 aromatic heterocycles. The van der Waals surface area contributed by atoms with Crippen molar-refractivity contribution in [3.05, 3.63) is 0 Å². The van der Waals surface area contributed by atoms with Gasteiger partial charge in [-0.3, -0.25) is 4.79 Å². The fraction of sp³-hybridized carbons (Fsp3) is 0.889. The number of hydrogen-bond donors (Lipinski definition) is 1. The van der Waals surface area contributed by atoms with Crippen LogP contribution in [0.4, 0.5) is 0 Å². The van der Waals surface area contributed by atoms with Crippen molar-refractivity contribution in [3.8, 4) is 0 Å². The number of carbonyl (C=O) groups is 1. The zero-order valence-corrected chi connectivity index (χ0v) is 8.21. The number of ether oxygens (including phenoxy) is 2. The van der Waals surface area contributed by atoms with Crippen LogP contribution in [0, 0.1) is 11.3 Å². The Morgan fingerprint density at radius 1 is 1.69 bits per heavy atom. The highest BCUT2D eigenvalue weighted by molar-refractivity contribution is 5.73. The van der Waals surface area contributed by atoms with E-state index in [1.807, 2.05) is 6.92 Å². The van der Waals surface area contributed by atoms with Crippen molar-refractivity contribution in [2.75, 3.05) is 26.9 Å². The van der Waals surface area contributed by atoms with Gasteiger partial charge in [0.15, 0.2) is 0 Å². The molecule has 1 saturated heterocycles. The molecule has 0 saturated carbocycles. The van der Waals surface area contributed by atoms with Crippen LogP contribution in [0.15, 0.2) is 0 Å². The van der Waals surface area contributed by atoms with Gasteiger partial charge in [-0.2, -0.15) is 0 Å². The molecule has 1 heterocycles. The van der Waals surface area contributed by atoms with Crippen molar-refractivity contribution in [1.82, 2.24) is 0 Å². The van der Waals surface area contributed by atoms with E-state index >= 15 is 0 Å². The predicted molar refractivity (Wildman–Crippen MR) is 48.1 cm³/mol. The van der Waals surface area contributed by atoms with Crippen LogP contribution in [0.2, 0.25) is 0 Å². The fourth-order valence-corrected chi connectivity index (χ4v) is 1.75. The van der Waals surface area contributed by atoms with E-state index < -0.39 is 0 Å². The van der Waals surface area contributed by atoms with Crippen molar-refractivity contribution in [2.45, 2.75) is 13.3 Å². The van der Waals surface area contributed by atoms with Gasteiger partial charge in [-0.1, -0.05) is 6.92 Å². The molecule has 0 bridgehead atoms. The molecule has 1 aliphatic rings. The molecule has 1 rings (SSSR count). The van der Waals surface area contributed by atoms with Crippen LogP contribution in [-0.2, 0) is 14.3 Å². The van der Waals surface area contributed by atoms with Crippen molar-refractivity contribution < 1.29 is 14.3 Å². The Kier molecular flexibility index (Phi) is 3.27. The maximum Gasteiger partial charge on any atom is 0.310 e. The van der Waals surface area contributed by atoms with Gasteiger partial charge in [-0.05, 0) is 6.42 Å². The minimum Gasteiger partial charge on any atom is -0.469 e. The average Bonchev–Trinajstić information content (AvgIpc) is 2.10. The third-order valence-corrected chi connectivity index (χ3v) is 2.94. The molecular weight excluding hydrogens is 170 g/mol. The van der Waals surface area contributed by atoms with Crippen LogP contribution in [0.25, 0.3) is 0 Å². The number of hydrogen-bond acceptors (Lipinski definition) is 4. The SMILES string of the molecule is CCC1(C(CN)C(=O)OC)COC1. The highest BCUT2D eigenvalue weighted by Crippen LogP contribution is 2.39. The lowest BCUT2D eigenvalue weighted by molar-refractivity contribution is -0.177. The second-order valence-corrected chi connectivity index (χ2v) is 3.52. The normalized spacial score (nSPS) is 21.8. The molecular formula is C9H17NO3. The summed E-state index contributed by atoms with van der Waals surface area (Å²) in [7, 11) is 1.40. The molecule has 1 atom stereocenters. The molecule has 0 radical (unpaired) electrons. The molecule has 0 aliphatic carbocycles. The first kappa shape index (κ1) is 10.5. The summed E-state index contributed by atoms with van der Waals surface area (Å²) in [6.07, 6.45) is 0.907. The fourth-order valence-electron chi connectivity index (χ4n) is 1.75. The first-order chi connectivity index (χ1) is 6.20. The molecule has 0 amide bonds. The molecule has 0 aromatic rings. The van der Waals surface area contributed by atoms with Gasteiger partial charge in [0.1, 0.15) is 0 Å².